The lowest BCUT2D eigenvalue weighted by atomic mass is 9.99. The van der Waals surface area contributed by atoms with Crippen molar-refractivity contribution < 1.29 is 0 Å². The lowest BCUT2D eigenvalue weighted by molar-refractivity contribution is 0.612. The van der Waals surface area contributed by atoms with Gasteiger partial charge in [0.05, 0.1) is 0 Å². The molecule has 28 heavy (non-hydrogen) atoms. The number of hydrogen-bond acceptors (Lipinski definition) is 3. The topological polar surface area (TPSA) is 42.7 Å². The van der Waals surface area contributed by atoms with Crippen LogP contribution in [0, 0.1) is 0 Å². The Balaban J connectivity index is 1.54. The van der Waals surface area contributed by atoms with Crippen molar-refractivity contribution >= 4 is 23.2 Å². The van der Waals surface area contributed by atoms with E-state index in [1.807, 2.05) is 35.0 Å². The standard InChI is InChI=1S/C23H17ClN4/c24-20-9-5-4-8-19(20)22-14-21(27-23-25-15-26-28(22)23)18-12-10-17(11-13-18)16-6-2-1-3-7-16/h1-15,22H,(H,25,26,27)/t22-/m1/s1. The largest absolute Gasteiger partial charge is 0.324 e. The summed E-state index contributed by atoms with van der Waals surface area (Å²) >= 11 is 6.46. The molecule has 2 heterocycles. The number of fused-ring (bicyclic) bond motifs is 1. The van der Waals surface area contributed by atoms with E-state index in [2.05, 4.69) is 70.0 Å². The van der Waals surface area contributed by atoms with E-state index in [1.54, 1.807) is 6.33 Å². The van der Waals surface area contributed by atoms with Gasteiger partial charge in [-0.1, -0.05) is 84.4 Å². The highest BCUT2D eigenvalue weighted by Gasteiger charge is 2.24. The summed E-state index contributed by atoms with van der Waals surface area (Å²) in [6.45, 7) is 0. The predicted molar refractivity (Wildman–Crippen MR) is 113 cm³/mol. The monoisotopic (exact) mass is 384 g/mol. The van der Waals surface area contributed by atoms with Crippen molar-refractivity contribution in [3.63, 3.8) is 0 Å². The van der Waals surface area contributed by atoms with Gasteiger partial charge in [0, 0.05) is 10.7 Å². The maximum atomic E-state index is 6.46. The fraction of sp³-hybridized carbons (Fsp3) is 0.0435. The van der Waals surface area contributed by atoms with Crippen LogP contribution in [0.3, 0.4) is 0 Å². The van der Waals surface area contributed by atoms with Gasteiger partial charge in [-0.3, -0.25) is 0 Å². The molecule has 4 aromatic rings. The Bertz CT molecular complexity index is 1150. The number of nitrogens with zero attached hydrogens (tertiary/aromatic N) is 3. The van der Waals surface area contributed by atoms with E-state index >= 15 is 0 Å². The van der Waals surface area contributed by atoms with Gasteiger partial charge in [-0.05, 0) is 34.4 Å². The zero-order valence-electron chi connectivity index (χ0n) is 15.0. The number of anilines is 1. The molecule has 0 amide bonds. The fourth-order valence-electron chi connectivity index (χ4n) is 3.51. The van der Waals surface area contributed by atoms with Gasteiger partial charge in [0.25, 0.3) is 0 Å². The highest BCUT2D eigenvalue weighted by atomic mass is 35.5. The summed E-state index contributed by atoms with van der Waals surface area (Å²) in [7, 11) is 0. The number of aromatic nitrogens is 3. The molecule has 0 radical (unpaired) electrons. The molecule has 0 saturated carbocycles. The quantitative estimate of drug-likeness (QED) is 0.496. The maximum absolute atomic E-state index is 6.46. The molecule has 4 nitrogen and oxygen atoms in total. The summed E-state index contributed by atoms with van der Waals surface area (Å²) < 4.78 is 1.85. The van der Waals surface area contributed by atoms with Crippen LogP contribution in [0.15, 0.2) is 91.3 Å². The zero-order valence-corrected chi connectivity index (χ0v) is 15.7. The normalized spacial score (nSPS) is 15.5. The first-order valence-corrected chi connectivity index (χ1v) is 9.46. The van der Waals surface area contributed by atoms with E-state index in [0.29, 0.717) is 11.0 Å². The molecule has 136 valence electrons. The molecular formula is C23H17ClN4. The summed E-state index contributed by atoms with van der Waals surface area (Å²) in [4.78, 5) is 4.36. The Hall–Kier alpha value is -3.37. The van der Waals surface area contributed by atoms with Crippen molar-refractivity contribution in [3.05, 3.63) is 107 Å². The third-order valence-electron chi connectivity index (χ3n) is 4.93. The van der Waals surface area contributed by atoms with Gasteiger partial charge < -0.3 is 5.32 Å². The Morgan fingerprint density at radius 1 is 0.786 bits per heavy atom. The molecule has 3 aromatic carbocycles. The molecular weight excluding hydrogens is 368 g/mol. The van der Waals surface area contributed by atoms with Crippen molar-refractivity contribution in [1.29, 1.82) is 0 Å². The van der Waals surface area contributed by atoms with Crippen molar-refractivity contribution in [2.45, 2.75) is 6.04 Å². The maximum Gasteiger partial charge on any atom is 0.226 e. The van der Waals surface area contributed by atoms with Crippen molar-refractivity contribution in [2.75, 3.05) is 5.32 Å². The van der Waals surface area contributed by atoms with E-state index < -0.39 is 0 Å². The molecule has 0 bridgehead atoms. The molecule has 1 N–H and O–H groups in total. The van der Waals surface area contributed by atoms with Crippen LogP contribution >= 0.6 is 11.6 Å². The van der Waals surface area contributed by atoms with Crippen LogP contribution in [0.5, 0.6) is 0 Å². The number of hydrogen-bond donors (Lipinski definition) is 1. The van der Waals surface area contributed by atoms with Crippen LogP contribution in [0.4, 0.5) is 5.95 Å². The van der Waals surface area contributed by atoms with Crippen LogP contribution in [0.25, 0.3) is 16.8 Å². The first-order valence-electron chi connectivity index (χ1n) is 9.08. The van der Waals surface area contributed by atoms with Gasteiger partial charge in [0.15, 0.2) is 0 Å². The Morgan fingerprint density at radius 3 is 2.25 bits per heavy atom. The van der Waals surface area contributed by atoms with E-state index in [1.165, 1.54) is 11.1 Å². The second-order valence-electron chi connectivity index (χ2n) is 6.64. The van der Waals surface area contributed by atoms with Crippen molar-refractivity contribution in [1.82, 2.24) is 14.8 Å². The van der Waals surface area contributed by atoms with Gasteiger partial charge in [-0.15, -0.1) is 0 Å². The van der Waals surface area contributed by atoms with Crippen molar-refractivity contribution in [3.8, 4) is 11.1 Å². The van der Waals surface area contributed by atoms with Crippen LogP contribution < -0.4 is 5.32 Å². The molecule has 5 rings (SSSR count). The van der Waals surface area contributed by atoms with Gasteiger partial charge in [0.2, 0.25) is 5.95 Å². The molecule has 0 saturated heterocycles. The second kappa shape index (κ2) is 6.98. The minimum Gasteiger partial charge on any atom is -0.324 e. The number of allylic oxidation sites excluding steroid dienone is 1. The first-order chi connectivity index (χ1) is 13.8. The number of rotatable bonds is 3. The average Bonchev–Trinajstić information content (AvgIpc) is 3.23. The smallest absolute Gasteiger partial charge is 0.226 e. The van der Waals surface area contributed by atoms with Crippen LogP contribution in [-0.4, -0.2) is 14.8 Å². The third-order valence-corrected chi connectivity index (χ3v) is 5.28. The average molecular weight is 385 g/mol. The lowest BCUT2D eigenvalue weighted by Crippen LogP contribution is -2.20. The molecule has 0 fully saturated rings. The Kier molecular flexibility index (Phi) is 4.18. The van der Waals surface area contributed by atoms with E-state index in [4.69, 9.17) is 11.6 Å². The summed E-state index contributed by atoms with van der Waals surface area (Å²) in [5.74, 6) is 0.703. The van der Waals surface area contributed by atoms with Crippen LogP contribution in [0.1, 0.15) is 17.2 Å². The summed E-state index contributed by atoms with van der Waals surface area (Å²) in [6, 6.07) is 26.6. The number of halogens is 1. The summed E-state index contributed by atoms with van der Waals surface area (Å²) in [5.41, 5.74) is 5.46. The highest BCUT2D eigenvalue weighted by Crippen LogP contribution is 2.35. The molecule has 5 heteroatoms. The Labute approximate surface area is 168 Å². The second-order valence-corrected chi connectivity index (χ2v) is 7.05. The van der Waals surface area contributed by atoms with Crippen molar-refractivity contribution in [2.24, 2.45) is 0 Å². The Morgan fingerprint density at radius 2 is 1.46 bits per heavy atom. The minimum atomic E-state index is -0.115. The predicted octanol–water partition coefficient (Wildman–Crippen LogP) is 5.65. The summed E-state index contributed by atoms with van der Waals surface area (Å²) in [6.07, 6.45) is 3.70. The molecule has 0 unspecified atom stereocenters. The molecule has 1 atom stereocenters. The third kappa shape index (κ3) is 2.98. The number of nitrogens with one attached hydrogen (secondary N) is 1. The molecule has 1 aliphatic heterocycles. The van der Waals surface area contributed by atoms with Gasteiger partial charge in [-0.2, -0.15) is 10.1 Å². The molecule has 0 aliphatic carbocycles. The number of benzene rings is 3. The van der Waals surface area contributed by atoms with Crippen LogP contribution in [0.2, 0.25) is 5.02 Å². The highest BCUT2D eigenvalue weighted by molar-refractivity contribution is 6.31. The molecule has 1 aliphatic rings. The van der Waals surface area contributed by atoms with Gasteiger partial charge in [0.1, 0.15) is 12.4 Å². The van der Waals surface area contributed by atoms with E-state index in [0.717, 1.165) is 16.8 Å². The van der Waals surface area contributed by atoms with E-state index in [-0.39, 0.29) is 6.04 Å². The molecule has 1 aromatic heterocycles. The van der Waals surface area contributed by atoms with E-state index in [9.17, 15) is 0 Å². The lowest BCUT2D eigenvalue weighted by Gasteiger charge is -2.25. The van der Waals surface area contributed by atoms with Gasteiger partial charge >= 0.3 is 0 Å². The zero-order chi connectivity index (χ0) is 18.9. The SMILES string of the molecule is Clc1ccccc1[C@H]1C=C(c2ccc(-c3ccccc3)cc2)Nc2ncnn21. The summed E-state index contributed by atoms with van der Waals surface area (Å²) in [5, 5.41) is 8.47. The minimum absolute atomic E-state index is 0.115. The van der Waals surface area contributed by atoms with Crippen LogP contribution in [-0.2, 0) is 0 Å². The van der Waals surface area contributed by atoms with Gasteiger partial charge in [-0.25, -0.2) is 4.68 Å². The first kappa shape index (κ1) is 16.8. The fourth-order valence-corrected chi connectivity index (χ4v) is 3.76. The molecule has 0 spiro atoms.